The average molecular weight is 253 g/mol. The minimum atomic E-state index is 0.489. The summed E-state index contributed by atoms with van der Waals surface area (Å²) < 4.78 is 5.39. The number of hydrogen-bond donors (Lipinski definition) is 1. The normalized spacial score (nSPS) is 11.0. The molecule has 3 aromatic rings. The minimum absolute atomic E-state index is 0.489. The standard InChI is InChI=1S/C15H15N3O/c1-2-4-12-14(19-18-15(12)16)11-6-7-13-10(9-11)5-3-8-17-13/h3,5-9H,2,4H2,1H3,(H2,16,18). The highest BCUT2D eigenvalue weighted by Crippen LogP contribution is 2.30. The maximum absolute atomic E-state index is 5.86. The Morgan fingerprint density at radius 3 is 3.00 bits per heavy atom. The Hall–Kier alpha value is -2.36. The molecule has 0 saturated heterocycles. The van der Waals surface area contributed by atoms with Gasteiger partial charge in [0.05, 0.1) is 5.52 Å². The highest BCUT2D eigenvalue weighted by atomic mass is 16.5. The van der Waals surface area contributed by atoms with Crippen LogP contribution in [-0.4, -0.2) is 10.1 Å². The van der Waals surface area contributed by atoms with Crippen molar-refractivity contribution in [2.75, 3.05) is 5.73 Å². The number of nitrogen functional groups attached to an aromatic ring is 1. The summed E-state index contributed by atoms with van der Waals surface area (Å²) >= 11 is 0. The first kappa shape index (κ1) is 11.7. The summed E-state index contributed by atoms with van der Waals surface area (Å²) in [6, 6.07) is 9.99. The fraction of sp³-hybridized carbons (Fsp3) is 0.200. The zero-order chi connectivity index (χ0) is 13.2. The number of rotatable bonds is 3. The molecule has 4 nitrogen and oxygen atoms in total. The maximum atomic E-state index is 5.86. The summed E-state index contributed by atoms with van der Waals surface area (Å²) in [4.78, 5) is 4.31. The van der Waals surface area contributed by atoms with E-state index in [1.165, 1.54) is 0 Å². The van der Waals surface area contributed by atoms with Gasteiger partial charge in [0, 0.05) is 22.7 Å². The Bertz CT molecular complexity index is 718. The average Bonchev–Trinajstić information content (AvgIpc) is 2.80. The van der Waals surface area contributed by atoms with Crippen LogP contribution in [-0.2, 0) is 6.42 Å². The van der Waals surface area contributed by atoms with Crippen molar-refractivity contribution in [2.24, 2.45) is 0 Å². The predicted molar refractivity (Wildman–Crippen MR) is 75.6 cm³/mol. The Kier molecular flexibility index (Phi) is 2.91. The number of benzene rings is 1. The second kappa shape index (κ2) is 4.72. The van der Waals surface area contributed by atoms with Gasteiger partial charge in [-0.15, -0.1) is 0 Å². The zero-order valence-corrected chi connectivity index (χ0v) is 10.8. The minimum Gasteiger partial charge on any atom is -0.381 e. The van der Waals surface area contributed by atoms with E-state index >= 15 is 0 Å². The third kappa shape index (κ3) is 2.05. The highest BCUT2D eigenvalue weighted by molar-refractivity contribution is 5.84. The molecule has 1 aromatic carbocycles. The van der Waals surface area contributed by atoms with Crippen LogP contribution < -0.4 is 5.73 Å². The van der Waals surface area contributed by atoms with Crippen molar-refractivity contribution in [3.63, 3.8) is 0 Å². The second-order valence-electron chi connectivity index (χ2n) is 4.54. The molecule has 96 valence electrons. The molecule has 0 radical (unpaired) electrons. The van der Waals surface area contributed by atoms with Gasteiger partial charge in [-0.2, -0.15) is 0 Å². The lowest BCUT2D eigenvalue weighted by atomic mass is 10.0. The van der Waals surface area contributed by atoms with Crippen molar-refractivity contribution in [3.05, 3.63) is 42.1 Å². The van der Waals surface area contributed by atoms with Crippen LogP contribution >= 0.6 is 0 Å². The van der Waals surface area contributed by atoms with E-state index in [1.807, 2.05) is 24.3 Å². The summed E-state index contributed by atoms with van der Waals surface area (Å²) in [5, 5.41) is 4.96. The monoisotopic (exact) mass is 253 g/mol. The quantitative estimate of drug-likeness (QED) is 0.776. The van der Waals surface area contributed by atoms with Gasteiger partial charge in [0.1, 0.15) is 0 Å². The van der Waals surface area contributed by atoms with Gasteiger partial charge < -0.3 is 10.3 Å². The van der Waals surface area contributed by atoms with Crippen LogP contribution in [0.4, 0.5) is 5.82 Å². The SMILES string of the molecule is CCCc1c(N)noc1-c1ccc2ncccc2c1. The van der Waals surface area contributed by atoms with Gasteiger partial charge in [-0.05, 0) is 30.7 Å². The molecule has 0 aliphatic heterocycles. The predicted octanol–water partition coefficient (Wildman–Crippen LogP) is 3.42. The van der Waals surface area contributed by atoms with E-state index in [1.54, 1.807) is 6.20 Å². The van der Waals surface area contributed by atoms with Gasteiger partial charge in [-0.1, -0.05) is 24.6 Å². The molecule has 2 aromatic heterocycles. The molecular weight excluding hydrogens is 238 g/mol. The number of nitrogens with zero attached hydrogens (tertiary/aromatic N) is 2. The number of hydrogen-bond acceptors (Lipinski definition) is 4. The third-order valence-electron chi connectivity index (χ3n) is 3.18. The number of pyridine rings is 1. The van der Waals surface area contributed by atoms with Gasteiger partial charge in [-0.3, -0.25) is 4.98 Å². The molecule has 0 spiro atoms. The van der Waals surface area contributed by atoms with E-state index in [0.717, 1.165) is 40.6 Å². The van der Waals surface area contributed by atoms with Crippen LogP contribution in [0.25, 0.3) is 22.2 Å². The van der Waals surface area contributed by atoms with Crippen molar-refractivity contribution < 1.29 is 4.52 Å². The van der Waals surface area contributed by atoms with Crippen LogP contribution in [0.3, 0.4) is 0 Å². The zero-order valence-electron chi connectivity index (χ0n) is 10.8. The van der Waals surface area contributed by atoms with E-state index < -0.39 is 0 Å². The lowest BCUT2D eigenvalue weighted by Gasteiger charge is -2.02. The maximum Gasteiger partial charge on any atom is 0.172 e. The van der Waals surface area contributed by atoms with Crippen LogP contribution in [0.5, 0.6) is 0 Å². The molecule has 2 heterocycles. The Morgan fingerprint density at radius 1 is 1.26 bits per heavy atom. The molecule has 0 bridgehead atoms. The lowest BCUT2D eigenvalue weighted by Crippen LogP contribution is -1.92. The summed E-state index contributed by atoms with van der Waals surface area (Å²) in [7, 11) is 0. The third-order valence-corrected chi connectivity index (χ3v) is 3.18. The van der Waals surface area contributed by atoms with Crippen molar-refractivity contribution >= 4 is 16.7 Å². The molecule has 0 fully saturated rings. The fourth-order valence-corrected chi connectivity index (χ4v) is 2.26. The second-order valence-corrected chi connectivity index (χ2v) is 4.54. The molecule has 0 atom stereocenters. The molecule has 0 saturated carbocycles. The van der Waals surface area contributed by atoms with Gasteiger partial charge >= 0.3 is 0 Å². The van der Waals surface area contributed by atoms with Crippen molar-refractivity contribution in [2.45, 2.75) is 19.8 Å². The summed E-state index contributed by atoms with van der Waals surface area (Å²) in [5.74, 6) is 1.26. The van der Waals surface area contributed by atoms with Crippen molar-refractivity contribution in [1.29, 1.82) is 0 Å². The van der Waals surface area contributed by atoms with Gasteiger partial charge in [0.25, 0.3) is 0 Å². The number of aromatic nitrogens is 2. The molecule has 2 N–H and O–H groups in total. The van der Waals surface area contributed by atoms with Gasteiger partial charge in [0.2, 0.25) is 0 Å². The largest absolute Gasteiger partial charge is 0.381 e. The molecule has 19 heavy (non-hydrogen) atoms. The van der Waals surface area contributed by atoms with E-state index in [0.29, 0.717) is 5.82 Å². The van der Waals surface area contributed by atoms with Gasteiger partial charge in [0.15, 0.2) is 11.6 Å². The first-order valence-electron chi connectivity index (χ1n) is 6.38. The van der Waals surface area contributed by atoms with E-state index in [2.05, 4.69) is 23.1 Å². The van der Waals surface area contributed by atoms with Crippen molar-refractivity contribution in [3.8, 4) is 11.3 Å². The first-order valence-corrected chi connectivity index (χ1v) is 6.38. The Morgan fingerprint density at radius 2 is 2.16 bits per heavy atom. The smallest absolute Gasteiger partial charge is 0.172 e. The molecule has 0 unspecified atom stereocenters. The molecule has 3 rings (SSSR count). The first-order chi connectivity index (χ1) is 9.29. The molecule has 0 amide bonds. The lowest BCUT2D eigenvalue weighted by molar-refractivity contribution is 0.435. The topological polar surface area (TPSA) is 64.9 Å². The molecule has 4 heteroatoms. The number of fused-ring (bicyclic) bond motifs is 1. The summed E-state index contributed by atoms with van der Waals surface area (Å²) in [6.07, 6.45) is 3.67. The van der Waals surface area contributed by atoms with E-state index in [-0.39, 0.29) is 0 Å². The molecule has 0 aliphatic rings. The highest BCUT2D eigenvalue weighted by Gasteiger charge is 2.15. The molecule has 0 aliphatic carbocycles. The summed E-state index contributed by atoms with van der Waals surface area (Å²) in [5.41, 5.74) is 8.81. The van der Waals surface area contributed by atoms with E-state index in [9.17, 15) is 0 Å². The number of nitrogens with two attached hydrogens (primary N) is 1. The van der Waals surface area contributed by atoms with Crippen LogP contribution in [0.1, 0.15) is 18.9 Å². The van der Waals surface area contributed by atoms with E-state index in [4.69, 9.17) is 10.3 Å². The fourth-order valence-electron chi connectivity index (χ4n) is 2.26. The van der Waals surface area contributed by atoms with Crippen molar-refractivity contribution in [1.82, 2.24) is 10.1 Å². The Balaban J connectivity index is 2.13. The Labute approximate surface area is 111 Å². The van der Waals surface area contributed by atoms with Crippen LogP contribution in [0.15, 0.2) is 41.1 Å². The van der Waals surface area contributed by atoms with Crippen LogP contribution in [0, 0.1) is 0 Å². The number of anilines is 1. The van der Waals surface area contributed by atoms with Crippen LogP contribution in [0.2, 0.25) is 0 Å². The molecular formula is C15H15N3O. The summed E-state index contributed by atoms with van der Waals surface area (Å²) in [6.45, 7) is 2.11. The van der Waals surface area contributed by atoms with Gasteiger partial charge in [-0.25, -0.2) is 0 Å².